The molecule has 0 amide bonds. The molecule has 2 atom stereocenters. The molecule has 1 aromatic carbocycles. The van der Waals surface area contributed by atoms with E-state index in [2.05, 4.69) is 25.7 Å². The predicted octanol–water partition coefficient (Wildman–Crippen LogP) is 3.80. The third-order valence-corrected chi connectivity index (χ3v) is 5.70. The summed E-state index contributed by atoms with van der Waals surface area (Å²) in [4.78, 5) is 4.40. The molecule has 1 aliphatic rings. The number of likely N-dealkylation sites (N-methyl/N-ethyl adjacent to an activating group) is 1. The summed E-state index contributed by atoms with van der Waals surface area (Å²) >= 11 is 0. The molecule has 148 valence electrons. The van der Waals surface area contributed by atoms with Crippen LogP contribution in [0.1, 0.15) is 44.7 Å². The number of halogens is 3. The normalized spacial score (nSPS) is 25.7. The van der Waals surface area contributed by atoms with Gasteiger partial charge in [0.05, 0.1) is 17.2 Å². The molecule has 3 nitrogen and oxygen atoms in total. The Morgan fingerprint density at radius 2 is 1.88 bits per heavy atom. The van der Waals surface area contributed by atoms with Gasteiger partial charge in [-0.1, -0.05) is 18.2 Å². The number of benzene rings is 1. The second-order valence-corrected chi connectivity index (χ2v) is 8.59. The SMILES string of the molecule is CN(C)[C@]1(CCc2cccc(C(F)(F)F)c2)CN(C(C)(C)C)CC[C@@H]1O. The van der Waals surface area contributed by atoms with Gasteiger partial charge < -0.3 is 10.0 Å². The van der Waals surface area contributed by atoms with E-state index in [0.717, 1.165) is 12.6 Å². The Morgan fingerprint density at radius 1 is 1.23 bits per heavy atom. The van der Waals surface area contributed by atoms with E-state index in [4.69, 9.17) is 0 Å². The van der Waals surface area contributed by atoms with Crippen molar-refractivity contribution in [1.29, 1.82) is 0 Å². The standard InChI is InChI=1S/C20H31F3N2O/c1-18(2,3)25-12-10-17(26)19(14-25,24(4)5)11-9-15-7-6-8-16(13-15)20(21,22)23/h6-8,13,17,26H,9-12,14H2,1-5H3/t17-,19+/m0/s1. The average Bonchev–Trinajstić information content (AvgIpc) is 2.52. The van der Waals surface area contributed by atoms with Crippen LogP contribution in [0.15, 0.2) is 24.3 Å². The Labute approximate surface area is 154 Å². The molecule has 1 N–H and O–H groups in total. The van der Waals surface area contributed by atoms with Crippen LogP contribution >= 0.6 is 0 Å². The van der Waals surface area contributed by atoms with Gasteiger partial charge in [0.15, 0.2) is 0 Å². The first-order valence-electron chi connectivity index (χ1n) is 9.13. The van der Waals surface area contributed by atoms with E-state index >= 15 is 0 Å². The molecule has 0 bridgehead atoms. The third kappa shape index (κ3) is 4.59. The van der Waals surface area contributed by atoms with Crippen LogP contribution in [0.3, 0.4) is 0 Å². The minimum Gasteiger partial charge on any atom is -0.391 e. The van der Waals surface area contributed by atoms with Crippen LogP contribution in [-0.4, -0.2) is 59.3 Å². The van der Waals surface area contributed by atoms with Crippen molar-refractivity contribution in [1.82, 2.24) is 9.80 Å². The maximum absolute atomic E-state index is 13.0. The number of piperidine rings is 1. The van der Waals surface area contributed by atoms with Gasteiger partial charge in [-0.25, -0.2) is 0 Å². The van der Waals surface area contributed by atoms with Crippen LogP contribution in [0.4, 0.5) is 13.2 Å². The molecule has 1 saturated heterocycles. The lowest BCUT2D eigenvalue weighted by molar-refractivity contribution is -0.137. The highest BCUT2D eigenvalue weighted by Gasteiger charge is 2.46. The van der Waals surface area contributed by atoms with Crippen LogP contribution in [0.5, 0.6) is 0 Å². The average molecular weight is 372 g/mol. The molecule has 0 saturated carbocycles. The van der Waals surface area contributed by atoms with Crippen molar-refractivity contribution in [2.24, 2.45) is 0 Å². The number of rotatable bonds is 4. The van der Waals surface area contributed by atoms with E-state index in [0.29, 0.717) is 31.4 Å². The first-order valence-corrected chi connectivity index (χ1v) is 9.13. The Balaban J connectivity index is 2.22. The summed E-state index contributed by atoms with van der Waals surface area (Å²) in [6.45, 7) is 7.97. The Morgan fingerprint density at radius 3 is 2.42 bits per heavy atom. The second-order valence-electron chi connectivity index (χ2n) is 8.59. The number of aliphatic hydroxyl groups is 1. The van der Waals surface area contributed by atoms with Gasteiger partial charge in [0, 0.05) is 18.6 Å². The number of hydrogen-bond donors (Lipinski definition) is 1. The highest BCUT2D eigenvalue weighted by Crippen LogP contribution is 2.35. The van der Waals surface area contributed by atoms with Gasteiger partial charge in [0.2, 0.25) is 0 Å². The van der Waals surface area contributed by atoms with Crippen molar-refractivity contribution in [3.05, 3.63) is 35.4 Å². The van der Waals surface area contributed by atoms with Crippen LogP contribution in [0, 0.1) is 0 Å². The zero-order chi connectivity index (χ0) is 19.8. The number of alkyl halides is 3. The van der Waals surface area contributed by atoms with E-state index in [1.165, 1.54) is 12.1 Å². The summed E-state index contributed by atoms with van der Waals surface area (Å²) in [5.41, 5.74) is -0.451. The summed E-state index contributed by atoms with van der Waals surface area (Å²) in [6, 6.07) is 5.51. The summed E-state index contributed by atoms with van der Waals surface area (Å²) in [7, 11) is 3.89. The van der Waals surface area contributed by atoms with Crippen molar-refractivity contribution in [2.75, 3.05) is 27.2 Å². The number of hydrogen-bond acceptors (Lipinski definition) is 3. The van der Waals surface area contributed by atoms with Gasteiger partial charge in [-0.3, -0.25) is 4.90 Å². The van der Waals surface area contributed by atoms with E-state index in [1.807, 2.05) is 19.0 Å². The molecule has 6 heteroatoms. The lowest BCUT2D eigenvalue weighted by Crippen LogP contribution is -2.66. The molecule has 1 heterocycles. The lowest BCUT2D eigenvalue weighted by atomic mass is 9.78. The van der Waals surface area contributed by atoms with Crippen molar-refractivity contribution in [3.8, 4) is 0 Å². The Kier molecular flexibility index (Phi) is 6.10. The summed E-state index contributed by atoms with van der Waals surface area (Å²) in [6.07, 6.45) is -3.06. The molecular weight excluding hydrogens is 341 g/mol. The Hall–Kier alpha value is -1.11. The van der Waals surface area contributed by atoms with E-state index in [-0.39, 0.29) is 5.54 Å². The van der Waals surface area contributed by atoms with Crippen LogP contribution in [0.25, 0.3) is 0 Å². The van der Waals surface area contributed by atoms with Gasteiger partial charge in [-0.05, 0) is 65.8 Å². The number of likely N-dealkylation sites (tertiary alicyclic amines) is 1. The summed E-state index contributed by atoms with van der Waals surface area (Å²) < 4.78 is 38.9. The molecule has 0 radical (unpaired) electrons. The number of aryl methyl sites for hydroxylation is 1. The zero-order valence-electron chi connectivity index (χ0n) is 16.4. The monoisotopic (exact) mass is 372 g/mol. The topological polar surface area (TPSA) is 26.7 Å². The molecule has 0 aliphatic carbocycles. The van der Waals surface area contributed by atoms with Gasteiger partial charge >= 0.3 is 6.18 Å². The van der Waals surface area contributed by atoms with Crippen LogP contribution < -0.4 is 0 Å². The Bertz CT molecular complexity index is 610. The quantitative estimate of drug-likeness (QED) is 0.871. The maximum Gasteiger partial charge on any atom is 0.416 e. The predicted molar refractivity (Wildman–Crippen MR) is 98.1 cm³/mol. The van der Waals surface area contributed by atoms with E-state index < -0.39 is 23.4 Å². The van der Waals surface area contributed by atoms with Crippen molar-refractivity contribution in [2.45, 2.75) is 63.4 Å². The fraction of sp³-hybridized carbons (Fsp3) is 0.700. The highest BCUT2D eigenvalue weighted by molar-refractivity contribution is 5.26. The number of nitrogens with zero attached hydrogens (tertiary/aromatic N) is 2. The fourth-order valence-electron chi connectivity index (χ4n) is 3.81. The third-order valence-electron chi connectivity index (χ3n) is 5.70. The largest absolute Gasteiger partial charge is 0.416 e. The molecule has 1 fully saturated rings. The van der Waals surface area contributed by atoms with Crippen LogP contribution in [0.2, 0.25) is 0 Å². The molecule has 0 spiro atoms. The van der Waals surface area contributed by atoms with E-state index in [9.17, 15) is 18.3 Å². The molecule has 1 aromatic rings. The summed E-state index contributed by atoms with van der Waals surface area (Å²) in [5.74, 6) is 0. The minimum absolute atomic E-state index is 0.0163. The minimum atomic E-state index is -4.33. The molecule has 0 aromatic heterocycles. The van der Waals surface area contributed by atoms with Gasteiger partial charge in [-0.2, -0.15) is 13.2 Å². The highest BCUT2D eigenvalue weighted by atomic mass is 19.4. The lowest BCUT2D eigenvalue weighted by Gasteiger charge is -2.53. The summed E-state index contributed by atoms with van der Waals surface area (Å²) in [5, 5.41) is 10.8. The van der Waals surface area contributed by atoms with E-state index in [1.54, 1.807) is 6.07 Å². The molecule has 1 aliphatic heterocycles. The second kappa shape index (κ2) is 7.49. The van der Waals surface area contributed by atoms with Crippen LogP contribution in [-0.2, 0) is 12.6 Å². The van der Waals surface area contributed by atoms with Gasteiger partial charge in [0.1, 0.15) is 0 Å². The number of aliphatic hydroxyl groups excluding tert-OH is 1. The zero-order valence-corrected chi connectivity index (χ0v) is 16.4. The van der Waals surface area contributed by atoms with Gasteiger partial charge in [0.25, 0.3) is 0 Å². The first kappa shape index (κ1) is 21.2. The van der Waals surface area contributed by atoms with Crippen molar-refractivity contribution < 1.29 is 18.3 Å². The molecule has 2 rings (SSSR count). The fourth-order valence-corrected chi connectivity index (χ4v) is 3.81. The molecular formula is C20H31F3N2O. The van der Waals surface area contributed by atoms with Crippen molar-refractivity contribution >= 4 is 0 Å². The molecule has 0 unspecified atom stereocenters. The maximum atomic E-state index is 13.0. The smallest absolute Gasteiger partial charge is 0.391 e. The first-order chi connectivity index (χ1) is 11.9. The van der Waals surface area contributed by atoms with Gasteiger partial charge in [-0.15, -0.1) is 0 Å². The molecule has 26 heavy (non-hydrogen) atoms. The van der Waals surface area contributed by atoms with Crippen molar-refractivity contribution in [3.63, 3.8) is 0 Å².